The summed E-state index contributed by atoms with van der Waals surface area (Å²) in [6.07, 6.45) is 0. The standard InChI is InChI=1S/C6H18NO2P/c1-7(2)10(5,6,8-3)9-4/h1-6H3. The molecule has 64 valence electrons. The molecule has 0 aromatic rings. The van der Waals surface area contributed by atoms with E-state index in [2.05, 4.69) is 0 Å². The molecule has 3 nitrogen and oxygen atoms in total. The van der Waals surface area contributed by atoms with Gasteiger partial charge in [0.05, 0.1) is 0 Å². The van der Waals surface area contributed by atoms with E-state index in [-0.39, 0.29) is 0 Å². The van der Waals surface area contributed by atoms with E-state index >= 15 is 0 Å². The van der Waals surface area contributed by atoms with Crippen LogP contribution in [0.2, 0.25) is 0 Å². The Kier molecular flexibility index (Phi) is 2.83. The third kappa shape index (κ3) is 1.67. The second-order valence-corrected chi connectivity index (χ2v) is 8.19. The van der Waals surface area contributed by atoms with Gasteiger partial charge in [-0.05, 0) is 0 Å². The molecule has 0 bridgehead atoms. The van der Waals surface area contributed by atoms with Crippen molar-refractivity contribution in [3.8, 4) is 0 Å². The van der Waals surface area contributed by atoms with Crippen molar-refractivity contribution in [3.05, 3.63) is 0 Å². The summed E-state index contributed by atoms with van der Waals surface area (Å²) < 4.78 is 12.7. The first-order valence-electron chi connectivity index (χ1n) is 3.17. The summed E-state index contributed by atoms with van der Waals surface area (Å²) >= 11 is 0. The van der Waals surface area contributed by atoms with Crippen molar-refractivity contribution < 1.29 is 9.05 Å². The molecule has 0 saturated heterocycles. The van der Waals surface area contributed by atoms with Crippen LogP contribution >= 0.6 is 7.21 Å². The summed E-state index contributed by atoms with van der Waals surface area (Å²) in [6.45, 7) is 4.01. The summed E-state index contributed by atoms with van der Waals surface area (Å²) in [5.74, 6) is 0. The third-order valence-electron chi connectivity index (χ3n) is 2.17. The molecular weight excluding hydrogens is 149 g/mol. The molecular formula is C6H18NO2P. The van der Waals surface area contributed by atoms with E-state index in [1.165, 1.54) is 0 Å². The zero-order valence-electron chi connectivity index (χ0n) is 7.71. The summed E-state index contributed by atoms with van der Waals surface area (Å²) in [7, 11) is 4.89. The van der Waals surface area contributed by atoms with Gasteiger partial charge in [-0.1, -0.05) is 0 Å². The molecule has 0 atom stereocenters. The summed E-state index contributed by atoms with van der Waals surface area (Å²) in [5, 5.41) is 0. The fourth-order valence-corrected chi connectivity index (χ4v) is 1.20. The van der Waals surface area contributed by atoms with Gasteiger partial charge in [0.15, 0.2) is 0 Å². The molecule has 0 radical (unpaired) electrons. The Morgan fingerprint density at radius 1 is 1.00 bits per heavy atom. The average molecular weight is 167 g/mol. The minimum atomic E-state index is -2.40. The molecule has 0 spiro atoms. The second-order valence-electron chi connectivity index (χ2n) is 3.03. The van der Waals surface area contributed by atoms with Crippen LogP contribution in [0.1, 0.15) is 0 Å². The Labute approximate surface area is 63.4 Å². The number of rotatable bonds is 3. The number of nitrogens with zero attached hydrogens (tertiary/aromatic N) is 1. The number of hydrogen-bond acceptors (Lipinski definition) is 3. The van der Waals surface area contributed by atoms with Gasteiger partial charge in [0.1, 0.15) is 0 Å². The van der Waals surface area contributed by atoms with Crippen molar-refractivity contribution in [2.75, 3.05) is 41.6 Å². The Bertz CT molecular complexity index is 117. The Balaban J connectivity index is 4.51. The molecule has 0 unspecified atom stereocenters. The van der Waals surface area contributed by atoms with Gasteiger partial charge in [0.2, 0.25) is 0 Å². The van der Waals surface area contributed by atoms with E-state index in [1.54, 1.807) is 14.2 Å². The van der Waals surface area contributed by atoms with Gasteiger partial charge in [-0.15, -0.1) is 0 Å². The van der Waals surface area contributed by atoms with Crippen molar-refractivity contribution in [3.63, 3.8) is 0 Å². The fraction of sp³-hybridized carbons (Fsp3) is 1.00. The first-order valence-corrected chi connectivity index (χ1v) is 6.09. The van der Waals surface area contributed by atoms with Crippen LogP contribution in [-0.4, -0.2) is 46.3 Å². The van der Waals surface area contributed by atoms with Crippen molar-refractivity contribution >= 4 is 7.21 Å². The van der Waals surface area contributed by atoms with Crippen molar-refractivity contribution in [1.82, 2.24) is 4.67 Å². The Morgan fingerprint density at radius 3 is 1.30 bits per heavy atom. The maximum absolute atomic E-state index is 5.37. The van der Waals surface area contributed by atoms with Gasteiger partial charge < -0.3 is 0 Å². The normalized spacial score (nSPS) is 16.9. The second kappa shape index (κ2) is 2.74. The zero-order chi connectivity index (χ0) is 8.44. The van der Waals surface area contributed by atoms with Gasteiger partial charge in [-0.2, -0.15) is 0 Å². The van der Waals surface area contributed by atoms with Gasteiger partial charge >= 0.3 is 62.6 Å². The molecule has 0 aliphatic carbocycles. The van der Waals surface area contributed by atoms with Crippen molar-refractivity contribution in [2.24, 2.45) is 0 Å². The van der Waals surface area contributed by atoms with E-state index in [0.717, 1.165) is 0 Å². The molecule has 0 rings (SSSR count). The van der Waals surface area contributed by atoms with Crippen LogP contribution in [0.4, 0.5) is 0 Å². The summed E-state index contributed by atoms with van der Waals surface area (Å²) in [4.78, 5) is 0. The zero-order valence-corrected chi connectivity index (χ0v) is 8.61. The first-order chi connectivity index (χ1) is 4.35. The molecule has 0 fully saturated rings. The SMILES string of the molecule is COP(C)(C)(OC)N(C)C. The van der Waals surface area contributed by atoms with Crippen LogP contribution in [0.25, 0.3) is 0 Å². The fourth-order valence-electron chi connectivity index (χ4n) is 0.401. The monoisotopic (exact) mass is 167 g/mol. The predicted octanol–water partition coefficient (Wildman–Crippen LogP) is 1.40. The molecule has 0 aromatic carbocycles. The first kappa shape index (κ1) is 10.3. The van der Waals surface area contributed by atoms with Gasteiger partial charge in [-0.25, -0.2) is 0 Å². The van der Waals surface area contributed by atoms with Crippen LogP contribution in [0.3, 0.4) is 0 Å². The van der Waals surface area contributed by atoms with E-state index in [1.807, 2.05) is 32.1 Å². The molecule has 10 heavy (non-hydrogen) atoms. The van der Waals surface area contributed by atoms with Crippen molar-refractivity contribution in [1.29, 1.82) is 0 Å². The summed E-state index contributed by atoms with van der Waals surface area (Å²) in [6, 6.07) is 0. The third-order valence-corrected chi connectivity index (χ3v) is 6.51. The molecule has 0 aromatic heterocycles. The van der Waals surface area contributed by atoms with Crippen LogP contribution in [-0.2, 0) is 9.05 Å². The van der Waals surface area contributed by atoms with Crippen molar-refractivity contribution in [2.45, 2.75) is 0 Å². The topological polar surface area (TPSA) is 21.7 Å². The molecule has 0 aliphatic rings. The van der Waals surface area contributed by atoms with E-state index in [4.69, 9.17) is 9.05 Å². The van der Waals surface area contributed by atoms with Crippen LogP contribution in [0.15, 0.2) is 0 Å². The minimum absolute atomic E-state index is 1.68. The average Bonchev–Trinajstić information content (AvgIpc) is 1.89. The van der Waals surface area contributed by atoms with E-state index < -0.39 is 7.21 Å². The quantitative estimate of drug-likeness (QED) is 0.593. The predicted molar refractivity (Wildman–Crippen MR) is 46.5 cm³/mol. The van der Waals surface area contributed by atoms with E-state index in [9.17, 15) is 0 Å². The van der Waals surface area contributed by atoms with Crippen LogP contribution in [0, 0.1) is 0 Å². The molecule has 4 heteroatoms. The van der Waals surface area contributed by atoms with Gasteiger partial charge in [0.25, 0.3) is 0 Å². The molecule has 0 aliphatic heterocycles. The van der Waals surface area contributed by atoms with Crippen LogP contribution in [0.5, 0.6) is 0 Å². The molecule has 0 saturated carbocycles. The number of hydrogen-bond donors (Lipinski definition) is 0. The van der Waals surface area contributed by atoms with Gasteiger partial charge in [-0.3, -0.25) is 0 Å². The Morgan fingerprint density at radius 2 is 1.30 bits per heavy atom. The molecule has 0 amide bonds. The van der Waals surface area contributed by atoms with E-state index in [0.29, 0.717) is 0 Å². The molecule has 0 heterocycles. The Hall–Kier alpha value is 0.310. The van der Waals surface area contributed by atoms with Crippen LogP contribution < -0.4 is 0 Å². The maximum atomic E-state index is 5.37. The van der Waals surface area contributed by atoms with Gasteiger partial charge in [0, 0.05) is 0 Å². The molecule has 0 N–H and O–H groups in total. The summed E-state index contributed by atoms with van der Waals surface area (Å²) in [5.41, 5.74) is 0.